The van der Waals surface area contributed by atoms with E-state index in [0.717, 1.165) is 17.6 Å². The molecule has 7 heteroatoms. The van der Waals surface area contributed by atoms with E-state index < -0.39 is 16.8 Å². The Morgan fingerprint density at radius 1 is 1.11 bits per heavy atom. The SMILES string of the molecule is CC(C)[C@]12O[C@H]1[C@@H]1O[C@@]13[C@@]1(C)CCC4=C(COC4=O)[C@]1(C)[CH-][C@@H]1O[C@@]13C2=O.[Y]. The maximum absolute atomic E-state index is 13.7. The minimum atomic E-state index is -0.912. The van der Waals surface area contributed by atoms with Crippen LogP contribution in [0.25, 0.3) is 0 Å². The molecule has 28 heavy (non-hydrogen) atoms. The number of cyclic esters (lactones) is 1. The zero-order valence-corrected chi connectivity index (χ0v) is 19.4. The van der Waals surface area contributed by atoms with Gasteiger partial charge < -0.3 is 18.9 Å². The van der Waals surface area contributed by atoms with Gasteiger partial charge in [-0.15, -0.1) is 5.41 Å². The zero-order chi connectivity index (χ0) is 18.8. The van der Waals surface area contributed by atoms with E-state index in [-0.39, 0.29) is 79.5 Å². The first-order valence-corrected chi connectivity index (χ1v) is 10.0. The Morgan fingerprint density at radius 2 is 1.86 bits per heavy atom. The number of esters is 1. The summed E-state index contributed by atoms with van der Waals surface area (Å²) < 4.78 is 24.2. The van der Waals surface area contributed by atoms with Gasteiger partial charge in [0.05, 0.1) is 0 Å². The molecule has 0 unspecified atom stereocenters. The molecular formula is C21H23O6Y-. The number of epoxide rings is 3. The largest absolute Gasteiger partial charge is 0.458 e. The monoisotopic (exact) mass is 460 g/mol. The van der Waals surface area contributed by atoms with Crippen LogP contribution < -0.4 is 0 Å². The molecule has 2 spiro atoms. The number of carbonyl (C=O) groups excluding carboxylic acids is 2. The van der Waals surface area contributed by atoms with E-state index in [1.165, 1.54) is 0 Å². The van der Waals surface area contributed by atoms with Crippen LogP contribution in [0.1, 0.15) is 40.5 Å². The third-order valence-electron chi connectivity index (χ3n) is 9.29. The van der Waals surface area contributed by atoms with Crippen LogP contribution in [0.3, 0.4) is 0 Å². The molecule has 0 aromatic heterocycles. The van der Waals surface area contributed by atoms with E-state index in [0.29, 0.717) is 13.0 Å². The topological polar surface area (TPSA) is 81.0 Å². The van der Waals surface area contributed by atoms with Crippen molar-refractivity contribution in [1.29, 1.82) is 0 Å². The Labute approximate surface area is 188 Å². The summed E-state index contributed by atoms with van der Waals surface area (Å²) in [7, 11) is 0. The second-order valence-electron chi connectivity index (χ2n) is 10.1. The average Bonchev–Trinajstić information content (AvgIpc) is 3.49. The molecule has 5 fully saturated rings. The molecule has 0 bridgehead atoms. The van der Waals surface area contributed by atoms with Gasteiger partial charge in [-0.3, -0.25) is 11.2 Å². The summed E-state index contributed by atoms with van der Waals surface area (Å²) in [5.74, 6) is -0.0177. The van der Waals surface area contributed by atoms with Gasteiger partial charge in [0.15, 0.2) is 11.2 Å². The minimum Gasteiger partial charge on any atom is -0.458 e. The van der Waals surface area contributed by atoms with Gasteiger partial charge >= 0.3 is 5.97 Å². The van der Waals surface area contributed by atoms with Crippen LogP contribution in [-0.2, 0) is 61.2 Å². The molecule has 4 heterocycles. The molecule has 147 valence electrons. The maximum atomic E-state index is 13.7. The number of ketones is 1. The van der Waals surface area contributed by atoms with Crippen molar-refractivity contribution in [3.05, 3.63) is 17.6 Å². The van der Waals surface area contributed by atoms with Crippen LogP contribution in [0.2, 0.25) is 0 Å². The molecule has 0 aromatic rings. The number of ether oxygens (including phenoxy) is 4. The quantitative estimate of drug-likeness (QED) is 0.335. The first-order valence-electron chi connectivity index (χ1n) is 10.0. The van der Waals surface area contributed by atoms with Crippen LogP contribution in [0.15, 0.2) is 11.1 Å². The van der Waals surface area contributed by atoms with Crippen molar-refractivity contribution in [2.75, 3.05) is 6.61 Å². The molecule has 7 rings (SSSR count). The standard InChI is InChI=1S/C21H23O6.Y/c1-9(2)19-13(26-19)14-21(27-14)18(4)6-5-10-11(8-24-15(10)22)17(18,3)7-12-20(21,25-12)16(19)23;/h7,9,12-14H,5-6,8H2,1-4H3;/q-1;/t12-,13-,14-,17-,18-,19-,20+,21+;/m0./s1. The summed E-state index contributed by atoms with van der Waals surface area (Å²) in [4.78, 5) is 25.9. The van der Waals surface area contributed by atoms with E-state index in [1.807, 2.05) is 13.8 Å². The van der Waals surface area contributed by atoms with E-state index in [1.54, 1.807) is 0 Å². The fraction of sp³-hybridized carbons (Fsp3) is 0.762. The van der Waals surface area contributed by atoms with Gasteiger partial charge in [0.1, 0.15) is 24.4 Å². The van der Waals surface area contributed by atoms with Crippen molar-refractivity contribution in [2.24, 2.45) is 16.7 Å². The number of hydrogen-bond donors (Lipinski definition) is 0. The Morgan fingerprint density at radius 3 is 2.57 bits per heavy atom. The third kappa shape index (κ3) is 1.43. The second kappa shape index (κ2) is 4.70. The van der Waals surface area contributed by atoms with Crippen LogP contribution in [0, 0.1) is 23.2 Å². The predicted molar refractivity (Wildman–Crippen MR) is 90.4 cm³/mol. The molecule has 3 saturated heterocycles. The van der Waals surface area contributed by atoms with Gasteiger partial charge in [0, 0.05) is 38.3 Å². The van der Waals surface area contributed by atoms with Crippen molar-refractivity contribution in [3.8, 4) is 0 Å². The van der Waals surface area contributed by atoms with Crippen molar-refractivity contribution >= 4 is 11.8 Å². The Hall–Kier alpha value is -0.136. The number of Topliss-reactive ketones (excluding diaryl/α,β-unsaturated/α-hetero) is 1. The Bertz CT molecular complexity index is 913. The molecule has 0 aromatic carbocycles. The van der Waals surface area contributed by atoms with E-state index >= 15 is 0 Å². The molecule has 0 N–H and O–H groups in total. The van der Waals surface area contributed by atoms with Gasteiger partial charge in [-0.25, -0.2) is 4.79 Å². The molecule has 0 amide bonds. The molecule has 7 aliphatic rings. The fourth-order valence-corrected chi connectivity index (χ4v) is 7.50. The van der Waals surface area contributed by atoms with Crippen molar-refractivity contribution in [2.45, 2.75) is 75.7 Å². The van der Waals surface area contributed by atoms with Gasteiger partial charge in [-0.1, -0.05) is 27.7 Å². The molecular weight excluding hydrogens is 437 g/mol. The average molecular weight is 460 g/mol. The first kappa shape index (κ1) is 18.6. The molecule has 8 atom stereocenters. The van der Waals surface area contributed by atoms with Crippen LogP contribution in [0.4, 0.5) is 0 Å². The number of carbonyl (C=O) groups is 2. The van der Waals surface area contributed by atoms with Gasteiger partial charge in [0.2, 0.25) is 5.78 Å². The zero-order valence-electron chi connectivity index (χ0n) is 16.5. The number of fused-ring (bicyclic) bond motifs is 4. The van der Waals surface area contributed by atoms with Crippen molar-refractivity contribution in [1.82, 2.24) is 0 Å². The Balaban J connectivity index is 0.00000156. The summed E-state index contributed by atoms with van der Waals surface area (Å²) in [5.41, 5.74) is -1.18. The summed E-state index contributed by atoms with van der Waals surface area (Å²) in [6, 6.07) is 0. The second-order valence-corrected chi connectivity index (χ2v) is 10.1. The van der Waals surface area contributed by atoms with Crippen LogP contribution in [-0.4, -0.2) is 53.5 Å². The summed E-state index contributed by atoms with van der Waals surface area (Å²) in [5, 5.41) is 0. The van der Waals surface area contributed by atoms with Crippen LogP contribution >= 0.6 is 0 Å². The minimum absolute atomic E-state index is 0. The van der Waals surface area contributed by atoms with Gasteiger partial charge in [0.25, 0.3) is 0 Å². The molecule has 6 nitrogen and oxygen atoms in total. The number of rotatable bonds is 1. The Kier molecular flexibility index (Phi) is 3.12. The first-order chi connectivity index (χ1) is 12.7. The van der Waals surface area contributed by atoms with Crippen LogP contribution in [0.5, 0.6) is 0 Å². The van der Waals surface area contributed by atoms with Crippen molar-refractivity contribution < 1.29 is 61.2 Å². The summed E-state index contributed by atoms with van der Waals surface area (Å²) >= 11 is 0. The normalized spacial score (nSPS) is 59.1. The number of hydrogen-bond acceptors (Lipinski definition) is 6. The molecule has 3 aliphatic carbocycles. The third-order valence-corrected chi connectivity index (χ3v) is 9.29. The van der Waals surface area contributed by atoms with Crippen molar-refractivity contribution in [3.63, 3.8) is 0 Å². The van der Waals surface area contributed by atoms with Gasteiger partial charge in [-0.05, 0) is 35.9 Å². The summed E-state index contributed by atoms with van der Waals surface area (Å²) in [6.07, 6.45) is 3.05. The fourth-order valence-electron chi connectivity index (χ4n) is 7.50. The molecule has 1 radical (unpaired) electrons. The smallest absolute Gasteiger partial charge is 0.334 e. The van der Waals surface area contributed by atoms with E-state index in [9.17, 15) is 9.59 Å². The van der Waals surface area contributed by atoms with E-state index in [2.05, 4.69) is 20.3 Å². The van der Waals surface area contributed by atoms with E-state index in [4.69, 9.17) is 18.9 Å². The maximum Gasteiger partial charge on any atom is 0.334 e. The predicted octanol–water partition coefficient (Wildman–Crippen LogP) is 1.51. The molecule has 2 saturated carbocycles. The summed E-state index contributed by atoms with van der Waals surface area (Å²) in [6.45, 7) is 8.80. The molecule has 4 aliphatic heterocycles. The van der Waals surface area contributed by atoms with Gasteiger partial charge in [-0.2, -0.15) is 0 Å².